The van der Waals surface area contributed by atoms with Gasteiger partial charge in [0.15, 0.2) is 0 Å². The number of ether oxygens (including phenoxy) is 1. The number of primary amides is 1. The molecule has 0 radical (unpaired) electrons. The number of aliphatic hydroxyl groups is 1. The Morgan fingerprint density at radius 3 is 2.47 bits per heavy atom. The Morgan fingerprint density at radius 2 is 2.06 bits per heavy atom. The van der Waals surface area contributed by atoms with Gasteiger partial charge < -0.3 is 15.6 Å². The Hall–Kier alpha value is -0.810. The molecule has 0 aromatic rings. The molecule has 17 heavy (non-hydrogen) atoms. The van der Waals surface area contributed by atoms with Gasteiger partial charge in [0.05, 0.1) is 11.8 Å². The van der Waals surface area contributed by atoms with Crippen LogP contribution in [0.15, 0.2) is 0 Å². The molecule has 0 saturated carbocycles. The molecule has 0 spiro atoms. The lowest BCUT2D eigenvalue weighted by molar-refractivity contribution is -0.152. The molecule has 0 heterocycles. The molecular formula is C11H20ClNO4. The predicted molar refractivity (Wildman–Crippen MR) is 64.4 cm³/mol. The van der Waals surface area contributed by atoms with Crippen molar-refractivity contribution in [1.82, 2.24) is 0 Å². The molecule has 100 valence electrons. The molecule has 0 aromatic carbocycles. The molecule has 3 atom stereocenters. The van der Waals surface area contributed by atoms with Crippen molar-refractivity contribution in [2.45, 2.75) is 32.8 Å². The smallest absolute Gasteiger partial charge is 0.309 e. The molecule has 0 fully saturated rings. The number of hydrogen-bond acceptors (Lipinski definition) is 4. The third-order valence-electron chi connectivity index (χ3n) is 2.55. The standard InChI is InChI=1S/C11H20ClNO4/c1-3-8(4-7(2)10(13)15)11(16)17-6-9(14)5-12/h7-9,14H,3-6H2,1-2H3,(H2,13,15). The number of amides is 1. The first-order valence-electron chi connectivity index (χ1n) is 5.62. The van der Waals surface area contributed by atoms with E-state index in [0.29, 0.717) is 12.8 Å². The summed E-state index contributed by atoms with van der Waals surface area (Å²) in [6.45, 7) is 3.38. The summed E-state index contributed by atoms with van der Waals surface area (Å²) in [5.74, 6) is -1.59. The molecule has 6 heteroatoms. The van der Waals surface area contributed by atoms with Crippen LogP contribution in [0.3, 0.4) is 0 Å². The van der Waals surface area contributed by atoms with Crippen LogP contribution in [-0.2, 0) is 14.3 Å². The van der Waals surface area contributed by atoms with Gasteiger partial charge in [-0.15, -0.1) is 11.6 Å². The monoisotopic (exact) mass is 265 g/mol. The van der Waals surface area contributed by atoms with E-state index in [1.54, 1.807) is 6.92 Å². The number of rotatable bonds is 8. The zero-order valence-corrected chi connectivity index (χ0v) is 10.9. The van der Waals surface area contributed by atoms with Crippen molar-refractivity contribution in [1.29, 1.82) is 0 Å². The lowest BCUT2D eigenvalue weighted by Gasteiger charge is -2.17. The highest BCUT2D eigenvalue weighted by Crippen LogP contribution is 2.17. The van der Waals surface area contributed by atoms with Gasteiger partial charge in [0.25, 0.3) is 0 Å². The summed E-state index contributed by atoms with van der Waals surface area (Å²) in [5, 5.41) is 9.15. The third kappa shape index (κ3) is 6.48. The van der Waals surface area contributed by atoms with Gasteiger partial charge in [-0.3, -0.25) is 9.59 Å². The van der Waals surface area contributed by atoms with Crippen molar-refractivity contribution < 1.29 is 19.4 Å². The minimum atomic E-state index is -0.855. The van der Waals surface area contributed by atoms with Gasteiger partial charge in [0, 0.05) is 5.92 Å². The highest BCUT2D eigenvalue weighted by atomic mass is 35.5. The van der Waals surface area contributed by atoms with Gasteiger partial charge in [-0.1, -0.05) is 13.8 Å². The molecular weight excluding hydrogens is 246 g/mol. The Morgan fingerprint density at radius 1 is 1.47 bits per heavy atom. The van der Waals surface area contributed by atoms with E-state index in [1.807, 2.05) is 6.92 Å². The highest BCUT2D eigenvalue weighted by Gasteiger charge is 2.23. The lowest BCUT2D eigenvalue weighted by atomic mass is 9.93. The minimum absolute atomic E-state index is 0.0156. The van der Waals surface area contributed by atoms with Gasteiger partial charge in [-0.25, -0.2) is 0 Å². The van der Waals surface area contributed by atoms with Crippen LogP contribution in [0.2, 0.25) is 0 Å². The number of aliphatic hydroxyl groups excluding tert-OH is 1. The van der Waals surface area contributed by atoms with Crippen molar-refractivity contribution in [2.75, 3.05) is 12.5 Å². The van der Waals surface area contributed by atoms with Crippen LogP contribution in [0.4, 0.5) is 0 Å². The van der Waals surface area contributed by atoms with Crippen molar-refractivity contribution in [2.24, 2.45) is 17.6 Å². The molecule has 3 N–H and O–H groups in total. The number of carbonyl (C=O) groups is 2. The minimum Gasteiger partial charge on any atom is -0.463 e. The van der Waals surface area contributed by atoms with Gasteiger partial charge in [-0.2, -0.15) is 0 Å². The molecule has 0 saturated heterocycles. The molecule has 0 rings (SSSR count). The summed E-state index contributed by atoms with van der Waals surface area (Å²) < 4.78 is 4.90. The summed E-state index contributed by atoms with van der Waals surface area (Å²) >= 11 is 5.37. The van der Waals surface area contributed by atoms with Crippen LogP contribution in [0.1, 0.15) is 26.7 Å². The number of carbonyl (C=O) groups excluding carboxylic acids is 2. The Bertz CT molecular complexity index is 260. The van der Waals surface area contributed by atoms with E-state index >= 15 is 0 Å². The Balaban J connectivity index is 4.17. The van der Waals surface area contributed by atoms with Crippen LogP contribution >= 0.6 is 11.6 Å². The first-order valence-corrected chi connectivity index (χ1v) is 6.15. The first-order chi connectivity index (χ1) is 7.92. The number of halogens is 1. The van der Waals surface area contributed by atoms with Crippen molar-refractivity contribution in [3.63, 3.8) is 0 Å². The maximum Gasteiger partial charge on any atom is 0.309 e. The fourth-order valence-electron chi connectivity index (χ4n) is 1.31. The second-order valence-corrected chi connectivity index (χ2v) is 4.39. The van der Waals surface area contributed by atoms with E-state index in [-0.39, 0.29) is 24.3 Å². The number of nitrogens with two attached hydrogens (primary N) is 1. The van der Waals surface area contributed by atoms with Crippen LogP contribution < -0.4 is 5.73 Å². The van der Waals surface area contributed by atoms with Gasteiger partial charge >= 0.3 is 5.97 Å². The summed E-state index contributed by atoms with van der Waals surface area (Å²) in [7, 11) is 0. The van der Waals surface area contributed by atoms with Crippen LogP contribution in [0, 0.1) is 11.8 Å². The fourth-order valence-corrected chi connectivity index (χ4v) is 1.40. The number of esters is 1. The van der Waals surface area contributed by atoms with E-state index in [0.717, 1.165) is 0 Å². The van der Waals surface area contributed by atoms with Crippen molar-refractivity contribution in [3.05, 3.63) is 0 Å². The Kier molecular flexibility index (Phi) is 7.91. The van der Waals surface area contributed by atoms with Crippen LogP contribution in [0.5, 0.6) is 0 Å². The topological polar surface area (TPSA) is 89.6 Å². The van der Waals surface area contributed by atoms with Gasteiger partial charge in [0.2, 0.25) is 5.91 Å². The van der Waals surface area contributed by atoms with E-state index in [2.05, 4.69) is 0 Å². The van der Waals surface area contributed by atoms with Gasteiger partial charge in [-0.05, 0) is 12.8 Å². The summed E-state index contributed by atoms with van der Waals surface area (Å²) in [4.78, 5) is 22.5. The molecule has 5 nitrogen and oxygen atoms in total. The molecule has 0 aromatic heterocycles. The molecule has 0 aliphatic carbocycles. The zero-order valence-electron chi connectivity index (χ0n) is 10.2. The van der Waals surface area contributed by atoms with E-state index in [4.69, 9.17) is 27.2 Å². The largest absolute Gasteiger partial charge is 0.463 e. The van der Waals surface area contributed by atoms with E-state index in [9.17, 15) is 9.59 Å². The van der Waals surface area contributed by atoms with E-state index < -0.39 is 18.0 Å². The van der Waals surface area contributed by atoms with E-state index in [1.165, 1.54) is 0 Å². The maximum atomic E-state index is 11.6. The normalized spacial score (nSPS) is 16.0. The second-order valence-electron chi connectivity index (χ2n) is 4.08. The van der Waals surface area contributed by atoms with Crippen LogP contribution in [0.25, 0.3) is 0 Å². The molecule has 0 aliphatic rings. The third-order valence-corrected chi connectivity index (χ3v) is 2.90. The summed E-state index contributed by atoms with van der Waals surface area (Å²) in [5.41, 5.74) is 5.13. The molecule has 3 unspecified atom stereocenters. The zero-order chi connectivity index (χ0) is 13.4. The van der Waals surface area contributed by atoms with Crippen LogP contribution in [-0.4, -0.2) is 35.6 Å². The SMILES string of the molecule is CCC(CC(C)C(N)=O)C(=O)OCC(O)CCl. The summed E-state index contributed by atoms with van der Waals surface area (Å²) in [6.07, 6.45) is 0.0707. The quantitative estimate of drug-likeness (QED) is 0.499. The maximum absolute atomic E-state index is 11.6. The highest BCUT2D eigenvalue weighted by molar-refractivity contribution is 6.18. The van der Waals surface area contributed by atoms with Gasteiger partial charge in [0.1, 0.15) is 12.7 Å². The number of hydrogen-bond donors (Lipinski definition) is 2. The first kappa shape index (κ1) is 16.2. The fraction of sp³-hybridized carbons (Fsp3) is 0.818. The molecule has 1 amide bonds. The average molecular weight is 266 g/mol. The second kappa shape index (κ2) is 8.31. The summed E-state index contributed by atoms with van der Waals surface area (Å²) in [6, 6.07) is 0. The Labute approximate surface area is 106 Å². The molecule has 0 bridgehead atoms. The number of alkyl halides is 1. The predicted octanol–water partition coefficient (Wildman–Crippen LogP) is 0.667. The average Bonchev–Trinajstić information content (AvgIpc) is 2.31. The molecule has 0 aliphatic heterocycles. The lowest BCUT2D eigenvalue weighted by Crippen LogP contribution is -2.28. The van der Waals surface area contributed by atoms with Crippen molar-refractivity contribution in [3.8, 4) is 0 Å². The van der Waals surface area contributed by atoms with Crippen molar-refractivity contribution >= 4 is 23.5 Å².